The van der Waals surface area contributed by atoms with Crippen LogP contribution in [0.1, 0.15) is 22.3 Å². The maximum Gasteiger partial charge on any atom is 0.263 e. The van der Waals surface area contributed by atoms with Crippen molar-refractivity contribution in [2.24, 2.45) is 0 Å². The van der Waals surface area contributed by atoms with Crippen LogP contribution in [0.5, 0.6) is 0 Å². The van der Waals surface area contributed by atoms with Crippen LogP contribution in [-0.4, -0.2) is 40.5 Å². The number of thiazole rings is 1. The number of nitrogens with one attached hydrogen (secondary N) is 2. The Morgan fingerprint density at radius 1 is 1.38 bits per heavy atom. The van der Waals surface area contributed by atoms with E-state index in [1.54, 1.807) is 18.5 Å². The van der Waals surface area contributed by atoms with E-state index in [4.69, 9.17) is 0 Å². The normalized spacial score (nSPS) is 11.6. The van der Waals surface area contributed by atoms with Gasteiger partial charge in [0, 0.05) is 25.0 Å². The van der Waals surface area contributed by atoms with Gasteiger partial charge in [-0.25, -0.2) is 15.0 Å². The third-order valence-electron chi connectivity index (χ3n) is 2.82. The zero-order valence-corrected chi connectivity index (χ0v) is 13.7. The quantitative estimate of drug-likeness (QED) is 0.873. The fraction of sp³-hybridized carbons (Fsp3) is 0.385. The third kappa shape index (κ3) is 4.45. The first-order valence-electron chi connectivity index (χ1n) is 6.32. The minimum Gasteiger partial charge on any atom is -0.350 e. The monoisotopic (exact) mass is 327 g/mol. The van der Waals surface area contributed by atoms with Crippen LogP contribution in [0.3, 0.4) is 0 Å². The molecular weight excluding hydrogens is 310 g/mol. The van der Waals surface area contributed by atoms with Crippen molar-refractivity contribution in [1.82, 2.24) is 25.6 Å². The molecule has 0 saturated carbocycles. The van der Waals surface area contributed by atoms with Gasteiger partial charge in [-0.1, -0.05) is 0 Å². The summed E-state index contributed by atoms with van der Waals surface area (Å²) >= 11 is 1.31. The van der Waals surface area contributed by atoms with Crippen LogP contribution in [0, 0.1) is 6.92 Å². The van der Waals surface area contributed by atoms with Crippen LogP contribution in [0.25, 0.3) is 10.8 Å². The lowest BCUT2D eigenvalue weighted by Crippen LogP contribution is -2.37. The predicted molar refractivity (Wildman–Crippen MR) is 86.0 cm³/mol. The number of halogens is 1. The van der Waals surface area contributed by atoms with E-state index in [2.05, 4.69) is 25.6 Å². The van der Waals surface area contributed by atoms with Gasteiger partial charge in [-0.05, 0) is 27.0 Å². The number of hydrogen-bond acceptors (Lipinski definition) is 6. The molecule has 0 spiro atoms. The molecule has 0 aliphatic rings. The Morgan fingerprint density at radius 2 is 2.05 bits per heavy atom. The number of aromatic nitrogens is 3. The second-order valence-corrected chi connectivity index (χ2v) is 5.40. The standard InChI is InChI=1S/C13H17N5OS.ClH/c1-8(14-3)7-17-12(19)10-9(2)18-13(20-10)11-15-5-4-6-16-11;/h4-6,8,14H,7H2,1-3H3,(H,17,19);1H. The number of aryl methyl sites for hydroxylation is 1. The van der Waals surface area contributed by atoms with E-state index in [1.165, 1.54) is 11.3 Å². The van der Waals surface area contributed by atoms with E-state index >= 15 is 0 Å². The van der Waals surface area contributed by atoms with Crippen molar-refractivity contribution in [3.05, 3.63) is 29.0 Å². The number of amides is 1. The van der Waals surface area contributed by atoms with E-state index in [-0.39, 0.29) is 24.4 Å². The smallest absolute Gasteiger partial charge is 0.263 e. The van der Waals surface area contributed by atoms with Gasteiger partial charge in [-0.3, -0.25) is 4.79 Å². The highest BCUT2D eigenvalue weighted by Gasteiger charge is 2.17. The molecule has 1 unspecified atom stereocenters. The van der Waals surface area contributed by atoms with Gasteiger partial charge >= 0.3 is 0 Å². The summed E-state index contributed by atoms with van der Waals surface area (Å²) in [7, 11) is 1.86. The van der Waals surface area contributed by atoms with Crippen LogP contribution < -0.4 is 10.6 Å². The van der Waals surface area contributed by atoms with Gasteiger partial charge in [0.25, 0.3) is 5.91 Å². The molecule has 2 aromatic rings. The van der Waals surface area contributed by atoms with Gasteiger partial charge in [0.2, 0.25) is 0 Å². The molecule has 2 N–H and O–H groups in total. The lowest BCUT2D eigenvalue weighted by Gasteiger charge is -2.10. The molecule has 0 aliphatic heterocycles. The first-order valence-corrected chi connectivity index (χ1v) is 7.13. The first-order chi connectivity index (χ1) is 9.61. The molecule has 0 saturated heterocycles. The molecule has 6 nitrogen and oxygen atoms in total. The Labute approximate surface area is 133 Å². The molecule has 0 bridgehead atoms. The third-order valence-corrected chi connectivity index (χ3v) is 3.97. The highest BCUT2D eigenvalue weighted by molar-refractivity contribution is 7.17. The Hall–Kier alpha value is -1.57. The SMILES string of the molecule is CNC(C)CNC(=O)c1sc(-c2ncccn2)nc1C.Cl. The van der Waals surface area contributed by atoms with Crippen molar-refractivity contribution >= 4 is 29.7 Å². The van der Waals surface area contributed by atoms with Crippen molar-refractivity contribution in [2.45, 2.75) is 19.9 Å². The summed E-state index contributed by atoms with van der Waals surface area (Å²) in [5, 5.41) is 6.62. The topological polar surface area (TPSA) is 79.8 Å². The molecule has 0 fully saturated rings. The molecule has 0 aliphatic carbocycles. The predicted octanol–water partition coefficient (Wildman–Crippen LogP) is 1.67. The highest BCUT2D eigenvalue weighted by atomic mass is 35.5. The summed E-state index contributed by atoms with van der Waals surface area (Å²) in [6.45, 7) is 4.40. The Kier molecular flexibility index (Phi) is 6.67. The van der Waals surface area contributed by atoms with E-state index in [0.29, 0.717) is 27.9 Å². The Balaban J connectivity index is 0.00000220. The molecule has 8 heteroatoms. The summed E-state index contributed by atoms with van der Waals surface area (Å²) < 4.78 is 0. The van der Waals surface area contributed by atoms with E-state index in [0.717, 1.165) is 0 Å². The van der Waals surface area contributed by atoms with Crippen LogP contribution in [0.15, 0.2) is 18.5 Å². The minimum atomic E-state index is -0.107. The van der Waals surface area contributed by atoms with Crippen LogP contribution in [0.4, 0.5) is 0 Å². The van der Waals surface area contributed by atoms with Crippen molar-refractivity contribution < 1.29 is 4.79 Å². The summed E-state index contributed by atoms with van der Waals surface area (Å²) in [4.78, 5) is 25.4. The molecule has 2 aromatic heterocycles. The zero-order chi connectivity index (χ0) is 14.5. The maximum atomic E-state index is 12.1. The van der Waals surface area contributed by atoms with Crippen LogP contribution >= 0.6 is 23.7 Å². The average molecular weight is 328 g/mol. The van der Waals surface area contributed by atoms with E-state index < -0.39 is 0 Å². The minimum absolute atomic E-state index is 0. The van der Waals surface area contributed by atoms with Gasteiger partial charge < -0.3 is 10.6 Å². The molecule has 2 heterocycles. The van der Waals surface area contributed by atoms with Gasteiger partial charge in [-0.15, -0.1) is 23.7 Å². The Morgan fingerprint density at radius 3 is 2.67 bits per heavy atom. The number of hydrogen-bond donors (Lipinski definition) is 2. The van der Waals surface area contributed by atoms with Gasteiger partial charge in [-0.2, -0.15) is 0 Å². The molecule has 0 aromatic carbocycles. The van der Waals surface area contributed by atoms with Crippen molar-refractivity contribution in [2.75, 3.05) is 13.6 Å². The summed E-state index contributed by atoms with van der Waals surface area (Å²) in [5.41, 5.74) is 0.701. The number of carbonyl (C=O) groups is 1. The molecular formula is C13H18ClN5OS. The number of likely N-dealkylation sites (N-methyl/N-ethyl adjacent to an activating group) is 1. The van der Waals surface area contributed by atoms with E-state index in [9.17, 15) is 4.79 Å². The second kappa shape index (κ2) is 8.02. The molecule has 2 rings (SSSR count). The molecule has 114 valence electrons. The average Bonchev–Trinajstić information content (AvgIpc) is 2.87. The largest absolute Gasteiger partial charge is 0.350 e. The van der Waals surface area contributed by atoms with Crippen molar-refractivity contribution in [3.63, 3.8) is 0 Å². The lowest BCUT2D eigenvalue weighted by atomic mass is 10.3. The summed E-state index contributed by atoms with van der Waals surface area (Å²) in [6, 6.07) is 1.97. The summed E-state index contributed by atoms with van der Waals surface area (Å²) in [6.07, 6.45) is 3.32. The maximum absolute atomic E-state index is 12.1. The first kappa shape index (κ1) is 17.5. The number of carbonyl (C=O) groups excluding carboxylic acids is 1. The highest BCUT2D eigenvalue weighted by Crippen LogP contribution is 2.24. The van der Waals surface area contributed by atoms with E-state index in [1.807, 2.05) is 20.9 Å². The van der Waals surface area contributed by atoms with Crippen LogP contribution in [-0.2, 0) is 0 Å². The second-order valence-electron chi connectivity index (χ2n) is 4.41. The molecule has 1 amide bonds. The fourth-order valence-electron chi connectivity index (χ4n) is 1.54. The fourth-order valence-corrected chi connectivity index (χ4v) is 2.47. The molecule has 0 radical (unpaired) electrons. The van der Waals surface area contributed by atoms with Gasteiger partial charge in [0.1, 0.15) is 4.88 Å². The van der Waals surface area contributed by atoms with Crippen LogP contribution in [0.2, 0.25) is 0 Å². The van der Waals surface area contributed by atoms with Crippen molar-refractivity contribution in [3.8, 4) is 10.8 Å². The Bertz CT molecular complexity index is 590. The van der Waals surface area contributed by atoms with Crippen molar-refractivity contribution in [1.29, 1.82) is 0 Å². The van der Waals surface area contributed by atoms with Gasteiger partial charge in [0.05, 0.1) is 5.69 Å². The van der Waals surface area contributed by atoms with Gasteiger partial charge in [0.15, 0.2) is 10.8 Å². The molecule has 1 atom stereocenters. The number of rotatable bonds is 5. The lowest BCUT2D eigenvalue weighted by molar-refractivity contribution is 0.0954. The number of nitrogens with zero attached hydrogens (tertiary/aromatic N) is 3. The molecule has 21 heavy (non-hydrogen) atoms. The zero-order valence-electron chi connectivity index (χ0n) is 12.1. The summed E-state index contributed by atoms with van der Waals surface area (Å²) in [5.74, 6) is 0.438.